The predicted octanol–water partition coefficient (Wildman–Crippen LogP) is -0.568. The minimum atomic E-state index is -1.83. The van der Waals surface area contributed by atoms with Crippen molar-refractivity contribution in [2.45, 2.75) is 44.9 Å². The molecule has 0 saturated carbocycles. The Kier molecular flexibility index (Phi) is 3.74. The second kappa shape index (κ2) is 4.51. The largest absolute Gasteiger partial charge is 0.467 e. The van der Waals surface area contributed by atoms with Crippen molar-refractivity contribution in [3.63, 3.8) is 0 Å². The van der Waals surface area contributed by atoms with E-state index in [4.69, 9.17) is 0 Å². The summed E-state index contributed by atoms with van der Waals surface area (Å²) in [6, 6.07) is 0. The number of amides is 1. The molecule has 1 heterocycles. The Balaban J connectivity index is 3.39. The van der Waals surface area contributed by atoms with Crippen LogP contribution in [0.2, 0.25) is 0 Å². The molecule has 1 rings (SSSR count). The predicted molar refractivity (Wildman–Crippen MR) is 63.5 cm³/mol. The number of aliphatic hydroxyl groups excluding tert-OH is 1. The van der Waals surface area contributed by atoms with Gasteiger partial charge >= 0.3 is 5.97 Å². The molecule has 0 aliphatic carbocycles. The van der Waals surface area contributed by atoms with E-state index in [-0.39, 0.29) is 5.92 Å². The third kappa shape index (κ3) is 1.71. The summed E-state index contributed by atoms with van der Waals surface area (Å²) >= 11 is 0. The first kappa shape index (κ1) is 14.9. The summed E-state index contributed by atoms with van der Waals surface area (Å²) in [4.78, 5) is 23.8. The maximum atomic E-state index is 12.0. The van der Waals surface area contributed by atoms with Crippen molar-refractivity contribution in [1.82, 2.24) is 5.32 Å². The summed E-state index contributed by atoms with van der Waals surface area (Å²) in [5.41, 5.74) is -3.55. The first-order valence-corrected chi connectivity index (χ1v) is 5.93. The number of hydrogen-bond acceptors (Lipinski definition) is 5. The molecular formula is C12H21NO5. The lowest BCUT2D eigenvalue weighted by Gasteiger charge is -2.42. The Labute approximate surface area is 106 Å². The molecule has 4 atom stereocenters. The molecule has 0 spiro atoms. The molecule has 6 heteroatoms. The monoisotopic (exact) mass is 259 g/mol. The Hall–Kier alpha value is -1.14. The Bertz CT molecular complexity index is 365. The molecule has 0 aromatic carbocycles. The van der Waals surface area contributed by atoms with E-state index in [0.717, 1.165) is 7.11 Å². The number of esters is 1. The highest BCUT2D eigenvalue weighted by Crippen LogP contribution is 2.41. The molecule has 6 nitrogen and oxygen atoms in total. The molecule has 0 aromatic rings. The average Bonchev–Trinajstić information content (AvgIpc) is 2.48. The van der Waals surface area contributed by atoms with E-state index in [9.17, 15) is 19.8 Å². The summed E-state index contributed by atoms with van der Waals surface area (Å²) in [5, 5.41) is 23.2. The maximum absolute atomic E-state index is 12.0. The second-order valence-electron chi connectivity index (χ2n) is 5.35. The van der Waals surface area contributed by atoms with E-state index in [0.29, 0.717) is 0 Å². The average molecular weight is 259 g/mol. The number of rotatable bonds is 3. The fourth-order valence-corrected chi connectivity index (χ4v) is 2.44. The van der Waals surface area contributed by atoms with Gasteiger partial charge in [0.25, 0.3) is 0 Å². The van der Waals surface area contributed by atoms with Gasteiger partial charge in [-0.25, -0.2) is 4.79 Å². The van der Waals surface area contributed by atoms with Gasteiger partial charge in [-0.3, -0.25) is 4.79 Å². The number of carbonyl (C=O) groups is 2. The van der Waals surface area contributed by atoms with Crippen molar-refractivity contribution in [3.05, 3.63) is 0 Å². The van der Waals surface area contributed by atoms with Gasteiger partial charge in [-0.05, 0) is 12.8 Å². The molecule has 0 aromatic heterocycles. The molecule has 1 aliphatic heterocycles. The third-order valence-electron chi connectivity index (χ3n) is 3.94. The molecule has 1 aliphatic rings. The fraction of sp³-hybridized carbons (Fsp3) is 0.833. The Morgan fingerprint density at radius 2 is 2.00 bits per heavy atom. The van der Waals surface area contributed by atoms with Crippen LogP contribution in [0.1, 0.15) is 27.7 Å². The van der Waals surface area contributed by atoms with Gasteiger partial charge in [-0.2, -0.15) is 0 Å². The summed E-state index contributed by atoms with van der Waals surface area (Å²) in [7, 11) is 1.16. The SMILES string of the molecule is COC(=O)[C@]1([C@@H](O)C(C)C)NC(=O)C(C)[C@]1(C)O. The Morgan fingerprint density at radius 3 is 2.28 bits per heavy atom. The lowest BCUT2D eigenvalue weighted by molar-refractivity contribution is -0.173. The van der Waals surface area contributed by atoms with Gasteiger partial charge in [-0.1, -0.05) is 20.8 Å². The van der Waals surface area contributed by atoms with Crippen LogP contribution in [0.4, 0.5) is 0 Å². The molecule has 0 bridgehead atoms. The number of hydrogen-bond donors (Lipinski definition) is 3. The van der Waals surface area contributed by atoms with Crippen LogP contribution in [-0.4, -0.2) is 46.4 Å². The zero-order valence-corrected chi connectivity index (χ0v) is 11.4. The van der Waals surface area contributed by atoms with Crippen LogP contribution in [0.3, 0.4) is 0 Å². The summed E-state index contributed by atoms with van der Waals surface area (Å²) in [5.74, 6) is -2.47. The highest BCUT2D eigenvalue weighted by Gasteiger charge is 2.68. The highest BCUT2D eigenvalue weighted by atomic mass is 16.5. The third-order valence-corrected chi connectivity index (χ3v) is 3.94. The normalized spacial score (nSPS) is 37.6. The quantitative estimate of drug-likeness (QED) is 0.590. The van der Waals surface area contributed by atoms with E-state index in [1.165, 1.54) is 13.8 Å². The van der Waals surface area contributed by atoms with Crippen molar-refractivity contribution in [2.24, 2.45) is 11.8 Å². The number of ether oxygens (including phenoxy) is 1. The van der Waals surface area contributed by atoms with Crippen LogP contribution < -0.4 is 5.32 Å². The first-order valence-electron chi connectivity index (χ1n) is 5.93. The number of aliphatic hydroxyl groups is 2. The van der Waals surface area contributed by atoms with Crippen LogP contribution in [0.5, 0.6) is 0 Å². The first-order chi connectivity index (χ1) is 8.12. The molecule has 1 fully saturated rings. The lowest BCUT2D eigenvalue weighted by atomic mass is 9.71. The van der Waals surface area contributed by atoms with E-state index in [2.05, 4.69) is 10.1 Å². The number of carbonyl (C=O) groups excluding carboxylic acids is 2. The lowest BCUT2D eigenvalue weighted by Crippen LogP contribution is -2.70. The van der Waals surface area contributed by atoms with Gasteiger partial charge in [0.1, 0.15) is 5.60 Å². The molecule has 1 saturated heterocycles. The van der Waals surface area contributed by atoms with Gasteiger partial charge in [0.2, 0.25) is 5.91 Å². The summed E-state index contributed by atoms with van der Waals surface area (Å²) < 4.78 is 4.67. The van der Waals surface area contributed by atoms with Crippen molar-refractivity contribution < 1.29 is 24.5 Å². The molecule has 0 radical (unpaired) electrons. The van der Waals surface area contributed by atoms with E-state index in [1.54, 1.807) is 13.8 Å². The standard InChI is InChI=1S/C12H21NO5/c1-6(2)8(14)12(10(16)18-5)11(4,17)7(3)9(15)13-12/h6-8,14,17H,1-5H3,(H,13,15)/t7?,8-,11-,12-/m0/s1. The second-order valence-corrected chi connectivity index (χ2v) is 5.35. The molecule has 1 unspecified atom stereocenters. The molecule has 1 amide bonds. The molecule has 3 N–H and O–H groups in total. The topological polar surface area (TPSA) is 95.9 Å². The van der Waals surface area contributed by atoms with E-state index < -0.39 is 35.0 Å². The van der Waals surface area contributed by atoms with Crippen LogP contribution in [-0.2, 0) is 14.3 Å². The molecule has 18 heavy (non-hydrogen) atoms. The fourth-order valence-electron chi connectivity index (χ4n) is 2.44. The zero-order valence-electron chi connectivity index (χ0n) is 11.4. The van der Waals surface area contributed by atoms with Crippen LogP contribution in [0.15, 0.2) is 0 Å². The van der Waals surface area contributed by atoms with Crippen LogP contribution >= 0.6 is 0 Å². The minimum Gasteiger partial charge on any atom is -0.467 e. The van der Waals surface area contributed by atoms with Gasteiger partial charge in [0, 0.05) is 0 Å². The van der Waals surface area contributed by atoms with Crippen LogP contribution in [0.25, 0.3) is 0 Å². The highest BCUT2D eigenvalue weighted by molar-refractivity contribution is 5.96. The zero-order chi connectivity index (χ0) is 14.3. The van der Waals surface area contributed by atoms with Gasteiger partial charge < -0.3 is 20.3 Å². The van der Waals surface area contributed by atoms with E-state index in [1.807, 2.05) is 0 Å². The van der Waals surface area contributed by atoms with Crippen molar-refractivity contribution in [1.29, 1.82) is 0 Å². The molecular weight excluding hydrogens is 238 g/mol. The summed E-state index contributed by atoms with van der Waals surface area (Å²) in [6.07, 6.45) is -1.24. The maximum Gasteiger partial charge on any atom is 0.337 e. The number of methoxy groups -OCH3 is 1. The van der Waals surface area contributed by atoms with Crippen molar-refractivity contribution in [3.8, 4) is 0 Å². The van der Waals surface area contributed by atoms with Crippen molar-refractivity contribution in [2.75, 3.05) is 7.11 Å². The summed E-state index contributed by atoms with van der Waals surface area (Å²) in [6.45, 7) is 6.26. The smallest absolute Gasteiger partial charge is 0.337 e. The Morgan fingerprint density at radius 1 is 1.50 bits per heavy atom. The van der Waals surface area contributed by atoms with E-state index >= 15 is 0 Å². The van der Waals surface area contributed by atoms with Crippen LogP contribution in [0, 0.1) is 11.8 Å². The minimum absolute atomic E-state index is 0.332. The number of nitrogens with one attached hydrogen (secondary N) is 1. The molecule has 104 valence electrons. The van der Waals surface area contributed by atoms with Gasteiger partial charge in [0.15, 0.2) is 5.54 Å². The van der Waals surface area contributed by atoms with Crippen molar-refractivity contribution >= 4 is 11.9 Å². The van der Waals surface area contributed by atoms with Gasteiger partial charge in [-0.15, -0.1) is 0 Å². The van der Waals surface area contributed by atoms with Gasteiger partial charge in [0.05, 0.1) is 19.1 Å².